The highest BCUT2D eigenvalue weighted by Crippen LogP contribution is 2.08. The Balaban J connectivity index is 1.70. The maximum absolute atomic E-state index is 11.7. The number of aryl methyl sites for hydroxylation is 2. The van der Waals surface area contributed by atoms with Crippen LogP contribution in [0.3, 0.4) is 0 Å². The molecule has 0 saturated carbocycles. The fourth-order valence-electron chi connectivity index (χ4n) is 1.98. The zero-order valence-electron chi connectivity index (χ0n) is 12.0. The predicted molar refractivity (Wildman–Crippen MR) is 74.4 cm³/mol. The summed E-state index contributed by atoms with van der Waals surface area (Å²) in [6, 6.07) is 0. The number of hydrogen-bond acceptors (Lipinski definition) is 6. The van der Waals surface area contributed by atoms with Gasteiger partial charge < -0.3 is 10.1 Å². The molecule has 1 aromatic rings. The highest BCUT2D eigenvalue weighted by atomic mass is 16.5. The van der Waals surface area contributed by atoms with Gasteiger partial charge in [0.1, 0.15) is 0 Å². The molecule has 20 heavy (non-hydrogen) atoms. The summed E-state index contributed by atoms with van der Waals surface area (Å²) in [6.07, 6.45) is 2.58. The molecule has 0 bridgehead atoms. The van der Waals surface area contributed by atoms with Gasteiger partial charge in [0.15, 0.2) is 0 Å². The maximum atomic E-state index is 11.7. The van der Waals surface area contributed by atoms with Crippen LogP contribution < -0.4 is 10.6 Å². The van der Waals surface area contributed by atoms with E-state index in [1.165, 1.54) is 0 Å². The first kappa shape index (κ1) is 14.8. The Labute approximate surface area is 118 Å². The van der Waals surface area contributed by atoms with Gasteiger partial charge in [-0.15, -0.1) is 5.10 Å². The Kier molecular flexibility index (Phi) is 5.37. The number of piperidine rings is 1. The molecule has 2 heterocycles. The quantitative estimate of drug-likeness (QED) is 0.820. The topological polar surface area (TPSA) is 89.0 Å². The third-order valence-electron chi connectivity index (χ3n) is 3.31. The molecule has 0 aromatic carbocycles. The third kappa shape index (κ3) is 4.50. The second-order valence-electron chi connectivity index (χ2n) is 4.92. The van der Waals surface area contributed by atoms with Crippen LogP contribution in [0.5, 0.6) is 0 Å². The Morgan fingerprint density at radius 2 is 2.05 bits per heavy atom. The molecule has 1 fully saturated rings. The van der Waals surface area contributed by atoms with E-state index >= 15 is 0 Å². The third-order valence-corrected chi connectivity index (χ3v) is 3.31. The maximum Gasteiger partial charge on any atom is 0.249 e. The normalized spacial score (nSPS) is 16.1. The SMILES string of the molecule is Cc1nnc(NC(=O)CCOC2CCNCC2)nc1C. The van der Waals surface area contributed by atoms with Gasteiger partial charge in [-0.3, -0.25) is 10.1 Å². The van der Waals surface area contributed by atoms with E-state index in [0.717, 1.165) is 37.3 Å². The van der Waals surface area contributed by atoms with Crippen LogP contribution >= 0.6 is 0 Å². The van der Waals surface area contributed by atoms with Crippen LogP contribution in [0.4, 0.5) is 5.95 Å². The smallest absolute Gasteiger partial charge is 0.249 e. The summed E-state index contributed by atoms with van der Waals surface area (Å²) >= 11 is 0. The molecule has 1 amide bonds. The number of nitrogens with one attached hydrogen (secondary N) is 2. The molecule has 7 nitrogen and oxygen atoms in total. The van der Waals surface area contributed by atoms with E-state index in [0.29, 0.717) is 13.0 Å². The lowest BCUT2D eigenvalue weighted by Gasteiger charge is -2.22. The second-order valence-corrected chi connectivity index (χ2v) is 4.92. The predicted octanol–water partition coefficient (Wildman–Crippen LogP) is 0.586. The van der Waals surface area contributed by atoms with Crippen molar-refractivity contribution in [1.82, 2.24) is 20.5 Å². The van der Waals surface area contributed by atoms with Gasteiger partial charge in [0.2, 0.25) is 11.9 Å². The number of anilines is 1. The Bertz CT molecular complexity index is 460. The van der Waals surface area contributed by atoms with Crippen LogP contribution in [-0.4, -0.2) is 46.9 Å². The van der Waals surface area contributed by atoms with Crippen molar-refractivity contribution in [2.75, 3.05) is 25.0 Å². The summed E-state index contributed by atoms with van der Waals surface area (Å²) in [7, 11) is 0. The first-order valence-electron chi connectivity index (χ1n) is 6.95. The molecule has 0 radical (unpaired) electrons. The summed E-state index contributed by atoms with van der Waals surface area (Å²) in [5, 5.41) is 13.7. The number of hydrogen-bond donors (Lipinski definition) is 2. The molecule has 7 heteroatoms. The molecule has 1 aliphatic heterocycles. The van der Waals surface area contributed by atoms with Crippen molar-refractivity contribution in [2.24, 2.45) is 0 Å². The number of aromatic nitrogens is 3. The van der Waals surface area contributed by atoms with Crippen LogP contribution in [-0.2, 0) is 9.53 Å². The monoisotopic (exact) mass is 279 g/mol. The fourth-order valence-corrected chi connectivity index (χ4v) is 1.98. The number of ether oxygens (including phenoxy) is 1. The Morgan fingerprint density at radius 3 is 2.75 bits per heavy atom. The minimum absolute atomic E-state index is 0.149. The van der Waals surface area contributed by atoms with Crippen LogP contribution in [0.2, 0.25) is 0 Å². The minimum atomic E-state index is -0.149. The number of nitrogens with zero attached hydrogens (tertiary/aromatic N) is 3. The van der Waals surface area contributed by atoms with Gasteiger partial charge in [-0.1, -0.05) is 0 Å². The first-order chi connectivity index (χ1) is 9.65. The summed E-state index contributed by atoms with van der Waals surface area (Å²) in [5.41, 5.74) is 1.53. The van der Waals surface area contributed by atoms with E-state index in [9.17, 15) is 4.79 Å². The number of carbonyl (C=O) groups excluding carboxylic acids is 1. The average Bonchev–Trinajstić information content (AvgIpc) is 2.44. The molecular weight excluding hydrogens is 258 g/mol. The molecule has 1 aromatic heterocycles. The summed E-state index contributed by atoms with van der Waals surface area (Å²) in [4.78, 5) is 15.9. The van der Waals surface area contributed by atoms with Crippen LogP contribution in [0.25, 0.3) is 0 Å². The zero-order valence-corrected chi connectivity index (χ0v) is 12.0. The molecule has 2 rings (SSSR count). The van der Waals surface area contributed by atoms with Crippen LogP contribution in [0.1, 0.15) is 30.7 Å². The highest BCUT2D eigenvalue weighted by molar-refractivity contribution is 5.88. The average molecular weight is 279 g/mol. The van der Waals surface area contributed by atoms with Gasteiger partial charge in [-0.05, 0) is 39.8 Å². The molecule has 0 atom stereocenters. The largest absolute Gasteiger partial charge is 0.378 e. The molecule has 2 N–H and O–H groups in total. The van der Waals surface area contributed by atoms with Gasteiger partial charge in [0.25, 0.3) is 0 Å². The van der Waals surface area contributed by atoms with Crippen molar-refractivity contribution in [3.63, 3.8) is 0 Å². The molecular formula is C13H21N5O2. The zero-order chi connectivity index (χ0) is 14.4. The van der Waals surface area contributed by atoms with Gasteiger partial charge in [0, 0.05) is 0 Å². The standard InChI is InChI=1S/C13H21N5O2/c1-9-10(2)17-18-13(15-9)16-12(19)5-8-20-11-3-6-14-7-4-11/h11,14H,3-8H2,1-2H3,(H,15,16,18,19). The lowest BCUT2D eigenvalue weighted by molar-refractivity contribution is -0.117. The van der Waals surface area contributed by atoms with Gasteiger partial charge >= 0.3 is 0 Å². The summed E-state index contributed by atoms with van der Waals surface area (Å²) in [5.74, 6) is 0.101. The fraction of sp³-hybridized carbons (Fsp3) is 0.692. The number of rotatable bonds is 5. The molecule has 1 saturated heterocycles. The van der Waals surface area contributed by atoms with Crippen molar-refractivity contribution in [2.45, 2.75) is 39.2 Å². The minimum Gasteiger partial charge on any atom is -0.378 e. The molecule has 0 aliphatic carbocycles. The molecule has 0 spiro atoms. The van der Waals surface area contributed by atoms with E-state index in [-0.39, 0.29) is 18.0 Å². The lowest BCUT2D eigenvalue weighted by Crippen LogP contribution is -2.33. The van der Waals surface area contributed by atoms with Crippen molar-refractivity contribution >= 4 is 11.9 Å². The van der Waals surface area contributed by atoms with Crippen molar-refractivity contribution in [3.05, 3.63) is 11.4 Å². The van der Waals surface area contributed by atoms with E-state index < -0.39 is 0 Å². The van der Waals surface area contributed by atoms with E-state index in [1.54, 1.807) is 0 Å². The van der Waals surface area contributed by atoms with Crippen LogP contribution in [0, 0.1) is 13.8 Å². The van der Waals surface area contributed by atoms with Crippen molar-refractivity contribution < 1.29 is 9.53 Å². The first-order valence-corrected chi connectivity index (χ1v) is 6.95. The van der Waals surface area contributed by atoms with E-state index in [2.05, 4.69) is 25.8 Å². The summed E-state index contributed by atoms with van der Waals surface area (Å²) in [6.45, 7) is 6.06. The lowest BCUT2D eigenvalue weighted by atomic mass is 10.1. The molecule has 0 unspecified atom stereocenters. The van der Waals surface area contributed by atoms with E-state index in [4.69, 9.17) is 4.74 Å². The van der Waals surface area contributed by atoms with Gasteiger partial charge in [-0.2, -0.15) is 5.10 Å². The molecule has 1 aliphatic rings. The second kappa shape index (κ2) is 7.25. The van der Waals surface area contributed by atoms with Crippen molar-refractivity contribution in [3.8, 4) is 0 Å². The highest BCUT2D eigenvalue weighted by Gasteiger charge is 2.14. The number of carbonyl (C=O) groups is 1. The van der Waals surface area contributed by atoms with Gasteiger partial charge in [-0.25, -0.2) is 4.98 Å². The van der Waals surface area contributed by atoms with E-state index in [1.807, 2.05) is 13.8 Å². The Hall–Kier alpha value is -1.60. The van der Waals surface area contributed by atoms with Crippen molar-refractivity contribution in [1.29, 1.82) is 0 Å². The molecule has 110 valence electrons. The summed E-state index contributed by atoms with van der Waals surface area (Å²) < 4.78 is 5.68. The Morgan fingerprint density at radius 1 is 1.30 bits per heavy atom. The number of amides is 1. The van der Waals surface area contributed by atoms with Crippen LogP contribution in [0.15, 0.2) is 0 Å². The van der Waals surface area contributed by atoms with Gasteiger partial charge in [0.05, 0.1) is 30.5 Å².